The number of rotatable bonds is 5. The van der Waals surface area contributed by atoms with Crippen LogP contribution in [-0.2, 0) is 0 Å². The number of piperidine rings is 1. The maximum atomic E-state index is 12.7. The Kier molecular flexibility index (Phi) is 6.39. The molecule has 0 spiro atoms. The molecule has 2 aromatic carbocycles. The van der Waals surface area contributed by atoms with Gasteiger partial charge in [-0.15, -0.1) is 5.10 Å². The quantitative estimate of drug-likeness (QED) is 0.450. The van der Waals surface area contributed by atoms with Gasteiger partial charge in [-0.2, -0.15) is 4.98 Å². The van der Waals surface area contributed by atoms with E-state index in [0.717, 1.165) is 16.8 Å². The zero-order valence-corrected chi connectivity index (χ0v) is 20.3. The average molecular weight is 485 g/mol. The second-order valence-corrected chi connectivity index (χ2v) is 9.13. The zero-order valence-electron chi connectivity index (χ0n) is 20.3. The first-order valence-electron chi connectivity index (χ1n) is 11.9. The largest absolute Gasteiger partial charge is 0.393 e. The Bertz CT molecular complexity index is 1390. The van der Waals surface area contributed by atoms with Gasteiger partial charge >= 0.3 is 0 Å². The third kappa shape index (κ3) is 4.78. The molecular formula is C27H28N6O3. The number of pyridine rings is 1. The molecule has 2 amide bonds. The fourth-order valence-corrected chi connectivity index (χ4v) is 4.31. The minimum atomic E-state index is -0.314. The minimum Gasteiger partial charge on any atom is -0.393 e. The van der Waals surface area contributed by atoms with Crippen molar-refractivity contribution in [2.24, 2.45) is 0 Å². The monoisotopic (exact) mass is 484 g/mol. The zero-order chi connectivity index (χ0) is 25.2. The van der Waals surface area contributed by atoms with Crippen LogP contribution in [0.15, 0.2) is 66.9 Å². The standard InChI is InChI=1S/C27H28N6O3/c1-31(2)25(35)19-7-5-18(6-8-19)23-4-3-15-33-24(23)29-27(30-33)28-21-11-9-20(10-12-21)26(36)32-16-13-22(34)14-17-32/h3-12,15,22,34H,13-14,16-17H2,1-2H3,(H,28,30). The maximum Gasteiger partial charge on any atom is 0.253 e. The highest BCUT2D eigenvalue weighted by Gasteiger charge is 2.22. The molecule has 2 N–H and O–H groups in total. The number of nitrogens with zero attached hydrogens (tertiary/aromatic N) is 5. The van der Waals surface area contributed by atoms with Crippen molar-refractivity contribution < 1.29 is 14.7 Å². The number of hydrogen-bond donors (Lipinski definition) is 2. The summed E-state index contributed by atoms with van der Waals surface area (Å²) in [6.45, 7) is 1.14. The SMILES string of the molecule is CN(C)C(=O)c1ccc(-c2cccn3nc(Nc4ccc(C(=O)N5CCC(O)CC5)cc4)nc23)cc1. The highest BCUT2D eigenvalue weighted by atomic mass is 16.3. The van der Waals surface area contributed by atoms with Gasteiger partial charge in [0.25, 0.3) is 11.8 Å². The van der Waals surface area contributed by atoms with Crippen LogP contribution in [0.4, 0.5) is 11.6 Å². The summed E-state index contributed by atoms with van der Waals surface area (Å²) in [6, 6.07) is 18.5. The van der Waals surface area contributed by atoms with E-state index in [4.69, 9.17) is 0 Å². The number of aliphatic hydroxyl groups is 1. The van der Waals surface area contributed by atoms with Gasteiger partial charge in [-0.05, 0) is 66.9 Å². The summed E-state index contributed by atoms with van der Waals surface area (Å²) in [6.07, 6.45) is 2.75. The van der Waals surface area contributed by atoms with Gasteiger partial charge in [-0.3, -0.25) is 9.59 Å². The van der Waals surface area contributed by atoms with Crippen molar-refractivity contribution in [1.29, 1.82) is 0 Å². The number of anilines is 2. The number of amides is 2. The summed E-state index contributed by atoms with van der Waals surface area (Å²) in [7, 11) is 3.46. The number of carbonyl (C=O) groups excluding carboxylic acids is 2. The van der Waals surface area contributed by atoms with Gasteiger partial charge in [-0.1, -0.05) is 12.1 Å². The van der Waals surface area contributed by atoms with E-state index < -0.39 is 0 Å². The molecule has 4 aromatic rings. The number of aliphatic hydroxyl groups excluding tert-OH is 1. The van der Waals surface area contributed by atoms with Crippen LogP contribution in [0.1, 0.15) is 33.6 Å². The first-order valence-corrected chi connectivity index (χ1v) is 11.9. The molecular weight excluding hydrogens is 456 g/mol. The first-order chi connectivity index (χ1) is 17.4. The molecule has 9 heteroatoms. The molecule has 0 bridgehead atoms. The van der Waals surface area contributed by atoms with Gasteiger partial charge in [0, 0.05) is 55.8 Å². The van der Waals surface area contributed by atoms with Crippen molar-refractivity contribution in [3.63, 3.8) is 0 Å². The van der Waals surface area contributed by atoms with Crippen LogP contribution in [0, 0.1) is 0 Å². The smallest absolute Gasteiger partial charge is 0.253 e. The molecule has 0 atom stereocenters. The Hall–Kier alpha value is -4.24. The van der Waals surface area contributed by atoms with Crippen LogP contribution >= 0.6 is 0 Å². The molecule has 184 valence electrons. The van der Waals surface area contributed by atoms with Crippen molar-refractivity contribution in [1.82, 2.24) is 24.4 Å². The lowest BCUT2D eigenvalue weighted by Crippen LogP contribution is -2.40. The summed E-state index contributed by atoms with van der Waals surface area (Å²) in [5.74, 6) is 0.365. The number of carbonyl (C=O) groups is 2. The van der Waals surface area contributed by atoms with Crippen molar-refractivity contribution in [3.8, 4) is 11.1 Å². The summed E-state index contributed by atoms with van der Waals surface area (Å²) in [4.78, 5) is 32.9. The second-order valence-electron chi connectivity index (χ2n) is 9.13. The Morgan fingerprint density at radius 3 is 2.31 bits per heavy atom. The fourth-order valence-electron chi connectivity index (χ4n) is 4.31. The number of benzene rings is 2. The van der Waals surface area contributed by atoms with E-state index in [1.807, 2.05) is 54.7 Å². The summed E-state index contributed by atoms with van der Waals surface area (Å²) >= 11 is 0. The average Bonchev–Trinajstić information content (AvgIpc) is 3.31. The number of hydrogen-bond acceptors (Lipinski definition) is 6. The normalized spacial score (nSPS) is 14.1. The maximum absolute atomic E-state index is 12.7. The Morgan fingerprint density at radius 2 is 1.64 bits per heavy atom. The molecule has 3 heterocycles. The van der Waals surface area contributed by atoms with Crippen molar-refractivity contribution in [2.75, 3.05) is 32.5 Å². The van der Waals surface area contributed by atoms with Gasteiger partial charge in [-0.25, -0.2) is 4.52 Å². The Balaban J connectivity index is 1.33. The van der Waals surface area contributed by atoms with Crippen LogP contribution in [0.25, 0.3) is 16.8 Å². The highest BCUT2D eigenvalue weighted by Crippen LogP contribution is 2.26. The minimum absolute atomic E-state index is 0.0257. The molecule has 5 rings (SSSR count). The second kappa shape index (κ2) is 9.79. The number of aromatic nitrogens is 3. The van der Waals surface area contributed by atoms with Crippen LogP contribution in [0.2, 0.25) is 0 Å². The molecule has 1 aliphatic rings. The van der Waals surface area contributed by atoms with E-state index in [1.165, 1.54) is 0 Å². The molecule has 0 radical (unpaired) electrons. The summed E-state index contributed by atoms with van der Waals surface area (Å²) in [5.41, 5.74) is 4.52. The fraction of sp³-hybridized carbons (Fsp3) is 0.259. The molecule has 0 saturated carbocycles. The van der Waals surface area contributed by atoms with Gasteiger partial charge in [0.1, 0.15) is 0 Å². The molecule has 1 saturated heterocycles. The third-order valence-corrected chi connectivity index (χ3v) is 6.35. The Labute approximate surface area is 209 Å². The Morgan fingerprint density at radius 1 is 0.972 bits per heavy atom. The predicted octanol–water partition coefficient (Wildman–Crippen LogP) is 3.44. The van der Waals surface area contributed by atoms with E-state index in [2.05, 4.69) is 15.4 Å². The lowest BCUT2D eigenvalue weighted by Gasteiger charge is -2.29. The van der Waals surface area contributed by atoms with Gasteiger partial charge in [0.05, 0.1) is 6.10 Å². The molecule has 0 unspecified atom stereocenters. The topological polar surface area (TPSA) is 103 Å². The lowest BCUT2D eigenvalue weighted by molar-refractivity contribution is 0.0546. The van der Waals surface area contributed by atoms with Crippen LogP contribution in [0.5, 0.6) is 0 Å². The van der Waals surface area contributed by atoms with Gasteiger partial charge < -0.3 is 20.2 Å². The summed E-state index contributed by atoms with van der Waals surface area (Å²) in [5, 5.41) is 17.4. The van der Waals surface area contributed by atoms with E-state index >= 15 is 0 Å². The van der Waals surface area contributed by atoms with Crippen LogP contribution in [0.3, 0.4) is 0 Å². The third-order valence-electron chi connectivity index (χ3n) is 6.35. The molecule has 2 aromatic heterocycles. The first kappa shape index (κ1) is 23.5. The van der Waals surface area contributed by atoms with Gasteiger partial charge in [0.2, 0.25) is 5.95 Å². The molecule has 1 fully saturated rings. The predicted molar refractivity (Wildman–Crippen MR) is 137 cm³/mol. The number of likely N-dealkylation sites (tertiary alicyclic amines) is 1. The summed E-state index contributed by atoms with van der Waals surface area (Å²) < 4.78 is 1.71. The van der Waals surface area contributed by atoms with Gasteiger partial charge in [0.15, 0.2) is 5.65 Å². The molecule has 1 aliphatic heterocycles. The van der Waals surface area contributed by atoms with Crippen molar-refractivity contribution in [2.45, 2.75) is 18.9 Å². The van der Waals surface area contributed by atoms with Crippen LogP contribution in [-0.4, -0.2) is 74.6 Å². The van der Waals surface area contributed by atoms with Crippen molar-refractivity contribution >= 4 is 29.1 Å². The molecule has 9 nitrogen and oxygen atoms in total. The van der Waals surface area contributed by atoms with E-state index in [1.54, 1.807) is 40.5 Å². The molecule has 0 aliphatic carbocycles. The van der Waals surface area contributed by atoms with E-state index in [-0.39, 0.29) is 17.9 Å². The number of fused-ring (bicyclic) bond motifs is 1. The van der Waals surface area contributed by atoms with Crippen molar-refractivity contribution in [3.05, 3.63) is 78.0 Å². The number of nitrogens with one attached hydrogen (secondary N) is 1. The van der Waals surface area contributed by atoms with E-state index in [9.17, 15) is 14.7 Å². The lowest BCUT2D eigenvalue weighted by atomic mass is 10.0. The van der Waals surface area contributed by atoms with E-state index in [0.29, 0.717) is 48.7 Å². The highest BCUT2D eigenvalue weighted by molar-refractivity contribution is 5.95. The molecule has 36 heavy (non-hydrogen) atoms. The van der Waals surface area contributed by atoms with Crippen LogP contribution < -0.4 is 5.32 Å².